The van der Waals surface area contributed by atoms with Crippen molar-refractivity contribution in [3.8, 4) is 11.5 Å². The molecule has 34 heavy (non-hydrogen) atoms. The SMILES string of the molecule is COc1cc(NC(=O)O[C@@H]2CO[C@H]3[C@@H]2OC[C@@H]3n2nnnc2Sc2ccccc2)cc(OC)c1. The molecule has 2 aromatic carbocycles. The number of amides is 1. The van der Waals surface area contributed by atoms with Gasteiger partial charge >= 0.3 is 6.09 Å². The van der Waals surface area contributed by atoms with Crippen LogP contribution in [0.4, 0.5) is 10.5 Å². The van der Waals surface area contributed by atoms with Gasteiger partial charge in [-0.25, -0.2) is 9.48 Å². The first-order chi connectivity index (χ1) is 16.6. The van der Waals surface area contributed by atoms with E-state index in [1.807, 2.05) is 30.3 Å². The first kappa shape index (κ1) is 22.4. The third-order valence-corrected chi connectivity index (χ3v) is 6.53. The fraction of sp³-hybridized carbons (Fsp3) is 0.364. The van der Waals surface area contributed by atoms with Gasteiger partial charge in [0, 0.05) is 23.1 Å². The van der Waals surface area contributed by atoms with Crippen molar-refractivity contribution < 1.29 is 28.5 Å². The van der Waals surface area contributed by atoms with E-state index in [9.17, 15) is 4.79 Å². The van der Waals surface area contributed by atoms with Crippen molar-refractivity contribution >= 4 is 23.5 Å². The highest BCUT2D eigenvalue weighted by molar-refractivity contribution is 7.99. The quantitative estimate of drug-likeness (QED) is 0.535. The molecule has 0 radical (unpaired) electrons. The highest BCUT2D eigenvalue weighted by atomic mass is 32.2. The average Bonchev–Trinajstić information content (AvgIpc) is 3.57. The summed E-state index contributed by atoms with van der Waals surface area (Å²) < 4.78 is 29.7. The van der Waals surface area contributed by atoms with E-state index in [1.165, 1.54) is 26.0 Å². The number of rotatable bonds is 7. The summed E-state index contributed by atoms with van der Waals surface area (Å²) in [7, 11) is 3.07. The Morgan fingerprint density at radius 1 is 1.06 bits per heavy atom. The van der Waals surface area contributed by atoms with E-state index in [0.717, 1.165) is 4.90 Å². The molecule has 4 atom stereocenters. The summed E-state index contributed by atoms with van der Waals surface area (Å²) in [6, 6.07) is 14.7. The lowest BCUT2D eigenvalue weighted by atomic mass is 10.1. The minimum Gasteiger partial charge on any atom is -0.497 e. The molecule has 5 rings (SSSR count). The van der Waals surface area contributed by atoms with Crippen LogP contribution < -0.4 is 14.8 Å². The fourth-order valence-electron chi connectivity index (χ4n) is 3.97. The summed E-state index contributed by atoms with van der Waals surface area (Å²) in [5, 5.41) is 15.5. The molecule has 2 fully saturated rings. The second kappa shape index (κ2) is 9.87. The van der Waals surface area contributed by atoms with Gasteiger partial charge in [0.25, 0.3) is 0 Å². The van der Waals surface area contributed by atoms with Crippen LogP contribution in [0.1, 0.15) is 6.04 Å². The summed E-state index contributed by atoms with van der Waals surface area (Å²) in [6.07, 6.45) is -1.95. The molecule has 3 heterocycles. The monoisotopic (exact) mass is 485 g/mol. The van der Waals surface area contributed by atoms with Gasteiger partial charge in [-0.1, -0.05) is 18.2 Å². The smallest absolute Gasteiger partial charge is 0.412 e. The van der Waals surface area contributed by atoms with Crippen LogP contribution in [-0.2, 0) is 14.2 Å². The number of tetrazole rings is 1. The summed E-state index contributed by atoms with van der Waals surface area (Å²) in [4.78, 5) is 13.6. The molecule has 1 aromatic heterocycles. The molecule has 3 aromatic rings. The van der Waals surface area contributed by atoms with Crippen molar-refractivity contribution in [3.63, 3.8) is 0 Å². The van der Waals surface area contributed by atoms with Crippen molar-refractivity contribution in [1.82, 2.24) is 20.2 Å². The minimum atomic E-state index is -0.626. The standard InChI is InChI=1S/C22H23N5O6S/c1-29-14-8-13(9-15(10-14)30-2)23-22(28)33-18-12-32-19-17(11-31-20(18)19)27-21(24-25-26-27)34-16-6-4-3-5-7-16/h3-10,17-20H,11-12H2,1-2H3,(H,23,28)/t17-,18+,19+,20+/m0/s1. The molecular formula is C22H23N5O6S. The Labute approximate surface area is 199 Å². The van der Waals surface area contributed by atoms with Crippen molar-refractivity contribution in [2.75, 3.05) is 32.8 Å². The number of hydrogen-bond acceptors (Lipinski definition) is 10. The van der Waals surface area contributed by atoms with Gasteiger partial charge in [0.1, 0.15) is 29.7 Å². The number of hydrogen-bond donors (Lipinski definition) is 1. The molecule has 0 unspecified atom stereocenters. The zero-order valence-electron chi connectivity index (χ0n) is 18.5. The predicted molar refractivity (Wildman–Crippen MR) is 120 cm³/mol. The lowest BCUT2D eigenvalue weighted by molar-refractivity contribution is 0.00751. The van der Waals surface area contributed by atoms with Crippen LogP contribution in [0.2, 0.25) is 0 Å². The minimum absolute atomic E-state index is 0.212. The van der Waals surface area contributed by atoms with Gasteiger partial charge < -0.3 is 23.7 Å². The molecule has 0 aliphatic carbocycles. The van der Waals surface area contributed by atoms with Gasteiger partial charge in [0.05, 0.1) is 33.1 Å². The van der Waals surface area contributed by atoms with E-state index in [1.54, 1.807) is 22.9 Å². The Hall–Kier alpha value is -3.35. The van der Waals surface area contributed by atoms with Crippen molar-refractivity contribution in [3.05, 3.63) is 48.5 Å². The Kier molecular flexibility index (Phi) is 6.52. The third-order valence-electron chi connectivity index (χ3n) is 5.57. The van der Waals surface area contributed by atoms with Crippen LogP contribution >= 0.6 is 11.8 Å². The maximum absolute atomic E-state index is 12.6. The van der Waals surface area contributed by atoms with Gasteiger partial charge in [-0.05, 0) is 34.3 Å². The molecule has 0 saturated carbocycles. The number of carbonyl (C=O) groups excluding carboxylic acids is 1. The number of anilines is 1. The van der Waals surface area contributed by atoms with Crippen LogP contribution in [0.3, 0.4) is 0 Å². The van der Waals surface area contributed by atoms with Crippen molar-refractivity contribution in [2.45, 2.75) is 34.4 Å². The Bertz CT molecular complexity index is 1120. The summed E-state index contributed by atoms with van der Waals surface area (Å²) >= 11 is 1.46. The second-order valence-electron chi connectivity index (χ2n) is 7.65. The number of nitrogens with zero attached hydrogens (tertiary/aromatic N) is 4. The lowest BCUT2D eigenvalue weighted by Crippen LogP contribution is -2.35. The normalized spacial score (nSPS) is 23.4. The molecule has 1 amide bonds. The van der Waals surface area contributed by atoms with Gasteiger partial charge in [-0.15, -0.1) is 5.10 Å². The van der Waals surface area contributed by atoms with E-state index < -0.39 is 18.3 Å². The number of benzene rings is 2. The third kappa shape index (κ3) is 4.65. The molecular weight excluding hydrogens is 462 g/mol. The van der Waals surface area contributed by atoms with Gasteiger partial charge in [-0.2, -0.15) is 0 Å². The highest BCUT2D eigenvalue weighted by Crippen LogP contribution is 2.37. The van der Waals surface area contributed by atoms with E-state index in [-0.39, 0.29) is 18.8 Å². The molecule has 2 saturated heterocycles. The van der Waals surface area contributed by atoms with Crippen LogP contribution in [0.15, 0.2) is 58.6 Å². The van der Waals surface area contributed by atoms with E-state index in [0.29, 0.717) is 28.9 Å². The molecule has 2 aliphatic heterocycles. The maximum atomic E-state index is 12.6. The molecule has 11 nitrogen and oxygen atoms in total. The molecule has 1 N–H and O–H groups in total. The number of carbonyl (C=O) groups is 1. The lowest BCUT2D eigenvalue weighted by Gasteiger charge is -2.18. The Morgan fingerprint density at radius 2 is 1.79 bits per heavy atom. The molecule has 0 spiro atoms. The first-order valence-corrected chi connectivity index (χ1v) is 11.4. The molecule has 0 bridgehead atoms. The number of fused-ring (bicyclic) bond motifs is 1. The van der Waals surface area contributed by atoms with E-state index >= 15 is 0 Å². The van der Waals surface area contributed by atoms with E-state index in [4.69, 9.17) is 23.7 Å². The van der Waals surface area contributed by atoms with Crippen molar-refractivity contribution in [1.29, 1.82) is 0 Å². The Balaban J connectivity index is 1.23. The van der Waals surface area contributed by atoms with Gasteiger partial charge in [0.2, 0.25) is 5.16 Å². The highest BCUT2D eigenvalue weighted by Gasteiger charge is 2.51. The summed E-state index contributed by atoms with van der Waals surface area (Å²) in [6.45, 7) is 0.557. The predicted octanol–water partition coefficient (Wildman–Crippen LogP) is 2.80. The molecule has 2 aliphatic rings. The number of ether oxygens (including phenoxy) is 5. The number of aromatic nitrogens is 4. The van der Waals surface area contributed by atoms with Crippen LogP contribution in [-0.4, -0.2) is 72.0 Å². The molecule has 178 valence electrons. The van der Waals surface area contributed by atoms with Gasteiger partial charge in [-0.3, -0.25) is 5.32 Å². The van der Waals surface area contributed by atoms with E-state index in [2.05, 4.69) is 20.8 Å². The van der Waals surface area contributed by atoms with Crippen LogP contribution in [0, 0.1) is 0 Å². The number of methoxy groups -OCH3 is 2. The maximum Gasteiger partial charge on any atom is 0.412 e. The first-order valence-electron chi connectivity index (χ1n) is 10.6. The van der Waals surface area contributed by atoms with Crippen LogP contribution in [0.25, 0.3) is 0 Å². The largest absolute Gasteiger partial charge is 0.497 e. The zero-order chi connectivity index (χ0) is 23.5. The molecule has 12 heteroatoms. The fourth-order valence-corrected chi connectivity index (χ4v) is 4.82. The Morgan fingerprint density at radius 3 is 2.53 bits per heavy atom. The average molecular weight is 486 g/mol. The van der Waals surface area contributed by atoms with Crippen molar-refractivity contribution in [2.24, 2.45) is 0 Å². The van der Waals surface area contributed by atoms with Crippen LogP contribution in [0.5, 0.6) is 11.5 Å². The number of nitrogens with one attached hydrogen (secondary N) is 1. The second-order valence-corrected chi connectivity index (χ2v) is 8.70. The summed E-state index contributed by atoms with van der Waals surface area (Å²) in [5.41, 5.74) is 0.484. The topological polar surface area (TPSA) is 119 Å². The summed E-state index contributed by atoms with van der Waals surface area (Å²) in [5.74, 6) is 1.10. The van der Waals surface area contributed by atoms with Gasteiger partial charge in [0.15, 0.2) is 6.10 Å². The zero-order valence-corrected chi connectivity index (χ0v) is 19.3.